The molecule has 0 amide bonds. The summed E-state index contributed by atoms with van der Waals surface area (Å²) in [6, 6.07) is 13.5. The van der Waals surface area contributed by atoms with Gasteiger partial charge in [-0.1, -0.05) is 6.07 Å². The molecule has 5 rings (SSSR count). The van der Waals surface area contributed by atoms with Crippen molar-refractivity contribution >= 4 is 10.9 Å². The number of H-pyrrole nitrogens is 1. The smallest absolute Gasteiger partial charge is 0.254 e. The number of aromatic amines is 1. The van der Waals surface area contributed by atoms with Gasteiger partial charge < -0.3 is 14.5 Å². The van der Waals surface area contributed by atoms with Crippen LogP contribution < -0.4 is 15.0 Å². The SMILES string of the molecule is COc1ccc2cc(CN3CCc4c(nc(-c5ccccn5)[nH]c4=O)C3)c(OC)nc2c1. The van der Waals surface area contributed by atoms with E-state index < -0.39 is 0 Å². The third kappa shape index (κ3) is 3.80. The van der Waals surface area contributed by atoms with Crippen molar-refractivity contribution in [2.45, 2.75) is 19.5 Å². The zero-order chi connectivity index (χ0) is 22.1. The van der Waals surface area contributed by atoms with E-state index in [0.29, 0.717) is 36.9 Å². The number of rotatable bonds is 5. The first kappa shape index (κ1) is 20.1. The van der Waals surface area contributed by atoms with E-state index in [4.69, 9.17) is 14.5 Å². The molecule has 0 saturated carbocycles. The number of aromatic nitrogens is 4. The fourth-order valence-electron chi connectivity index (χ4n) is 4.08. The normalized spacial score (nSPS) is 13.7. The van der Waals surface area contributed by atoms with Crippen molar-refractivity contribution in [2.24, 2.45) is 0 Å². The lowest BCUT2D eigenvalue weighted by Crippen LogP contribution is -2.35. The molecule has 1 aromatic carbocycles. The maximum atomic E-state index is 12.6. The largest absolute Gasteiger partial charge is 0.497 e. The Morgan fingerprint density at radius 1 is 1.09 bits per heavy atom. The van der Waals surface area contributed by atoms with Crippen LogP contribution in [0.2, 0.25) is 0 Å². The highest BCUT2D eigenvalue weighted by Crippen LogP contribution is 2.28. The predicted molar refractivity (Wildman–Crippen MR) is 121 cm³/mol. The summed E-state index contributed by atoms with van der Waals surface area (Å²) in [5, 5.41) is 1.02. The van der Waals surface area contributed by atoms with E-state index in [1.54, 1.807) is 20.4 Å². The van der Waals surface area contributed by atoms with E-state index in [-0.39, 0.29) is 5.56 Å². The van der Waals surface area contributed by atoms with Crippen LogP contribution in [0.4, 0.5) is 0 Å². The van der Waals surface area contributed by atoms with Gasteiger partial charge in [0.15, 0.2) is 5.82 Å². The molecular formula is C24H23N5O3. The molecule has 0 fully saturated rings. The van der Waals surface area contributed by atoms with Gasteiger partial charge in [-0.05, 0) is 36.8 Å². The number of ether oxygens (including phenoxy) is 2. The van der Waals surface area contributed by atoms with Crippen molar-refractivity contribution in [3.05, 3.63) is 75.8 Å². The van der Waals surface area contributed by atoms with Crippen LogP contribution in [0.5, 0.6) is 11.6 Å². The van der Waals surface area contributed by atoms with Crippen LogP contribution in [0.1, 0.15) is 16.8 Å². The van der Waals surface area contributed by atoms with Crippen LogP contribution in [-0.4, -0.2) is 45.6 Å². The summed E-state index contributed by atoms with van der Waals surface area (Å²) in [6.45, 7) is 1.97. The Hall–Kier alpha value is -3.78. The highest BCUT2D eigenvalue weighted by molar-refractivity contribution is 5.81. The van der Waals surface area contributed by atoms with Crippen LogP contribution in [-0.2, 0) is 19.5 Å². The Kier molecular flexibility index (Phi) is 5.28. The second-order valence-corrected chi connectivity index (χ2v) is 7.73. The number of hydrogen-bond acceptors (Lipinski definition) is 7. The van der Waals surface area contributed by atoms with E-state index in [2.05, 4.69) is 25.9 Å². The highest BCUT2D eigenvalue weighted by Gasteiger charge is 2.23. The Balaban J connectivity index is 1.44. The Bertz CT molecular complexity index is 1340. The van der Waals surface area contributed by atoms with Gasteiger partial charge in [-0.25, -0.2) is 9.97 Å². The molecule has 4 heterocycles. The Morgan fingerprint density at radius 2 is 2.00 bits per heavy atom. The van der Waals surface area contributed by atoms with Crippen molar-refractivity contribution in [2.75, 3.05) is 20.8 Å². The molecule has 0 radical (unpaired) electrons. The number of hydrogen-bond donors (Lipinski definition) is 1. The van der Waals surface area contributed by atoms with Crippen molar-refractivity contribution in [3.63, 3.8) is 0 Å². The first-order chi connectivity index (χ1) is 15.6. The molecule has 0 saturated heterocycles. The molecule has 8 heteroatoms. The van der Waals surface area contributed by atoms with Crippen LogP contribution >= 0.6 is 0 Å². The van der Waals surface area contributed by atoms with Crippen LogP contribution in [0.25, 0.3) is 22.4 Å². The molecule has 1 aliphatic rings. The molecule has 1 aliphatic heterocycles. The highest BCUT2D eigenvalue weighted by atomic mass is 16.5. The summed E-state index contributed by atoms with van der Waals surface area (Å²) in [5.74, 6) is 1.84. The van der Waals surface area contributed by atoms with Gasteiger partial charge in [0.25, 0.3) is 5.56 Å². The number of nitrogens with one attached hydrogen (secondary N) is 1. The lowest BCUT2D eigenvalue weighted by atomic mass is 10.0. The van der Waals surface area contributed by atoms with Crippen molar-refractivity contribution in [1.29, 1.82) is 0 Å². The van der Waals surface area contributed by atoms with Gasteiger partial charge in [0.05, 0.1) is 25.4 Å². The Labute approximate surface area is 184 Å². The zero-order valence-electron chi connectivity index (χ0n) is 18.0. The number of nitrogens with zero attached hydrogens (tertiary/aromatic N) is 4. The van der Waals surface area contributed by atoms with E-state index in [9.17, 15) is 4.79 Å². The molecule has 8 nitrogen and oxygen atoms in total. The topological polar surface area (TPSA) is 93.2 Å². The van der Waals surface area contributed by atoms with Gasteiger partial charge >= 0.3 is 0 Å². The monoisotopic (exact) mass is 429 g/mol. The van der Waals surface area contributed by atoms with E-state index >= 15 is 0 Å². The summed E-state index contributed by atoms with van der Waals surface area (Å²) in [5.41, 5.74) is 3.91. The second-order valence-electron chi connectivity index (χ2n) is 7.73. The fraction of sp³-hybridized carbons (Fsp3) is 0.250. The zero-order valence-corrected chi connectivity index (χ0v) is 18.0. The first-order valence-corrected chi connectivity index (χ1v) is 10.4. The number of fused-ring (bicyclic) bond motifs is 2. The lowest BCUT2D eigenvalue weighted by Gasteiger charge is -2.28. The summed E-state index contributed by atoms with van der Waals surface area (Å²) in [6.07, 6.45) is 2.33. The van der Waals surface area contributed by atoms with Gasteiger partial charge in [0.1, 0.15) is 11.4 Å². The van der Waals surface area contributed by atoms with Crippen LogP contribution in [0.3, 0.4) is 0 Å². The summed E-state index contributed by atoms with van der Waals surface area (Å²) < 4.78 is 10.9. The summed E-state index contributed by atoms with van der Waals surface area (Å²) >= 11 is 0. The minimum Gasteiger partial charge on any atom is -0.497 e. The van der Waals surface area contributed by atoms with Crippen LogP contribution in [0.15, 0.2) is 53.5 Å². The van der Waals surface area contributed by atoms with E-state index in [1.807, 2.05) is 36.4 Å². The quantitative estimate of drug-likeness (QED) is 0.521. The van der Waals surface area contributed by atoms with E-state index in [1.165, 1.54) is 0 Å². The predicted octanol–water partition coefficient (Wildman–Crippen LogP) is 2.96. The third-order valence-corrected chi connectivity index (χ3v) is 5.71. The number of methoxy groups -OCH3 is 2. The summed E-state index contributed by atoms with van der Waals surface area (Å²) in [4.78, 5) is 31.5. The third-order valence-electron chi connectivity index (χ3n) is 5.71. The van der Waals surface area contributed by atoms with Gasteiger partial charge in [-0.15, -0.1) is 0 Å². The molecular weight excluding hydrogens is 406 g/mol. The van der Waals surface area contributed by atoms with Crippen molar-refractivity contribution < 1.29 is 9.47 Å². The standard InChI is InChI=1S/C24H23N5O3/c1-31-17-7-6-15-11-16(24(32-2)27-20(15)12-17)13-29-10-8-18-21(14-29)26-22(28-23(18)30)19-5-3-4-9-25-19/h3-7,9,11-12H,8,10,13-14H2,1-2H3,(H,26,28,30). The first-order valence-electron chi connectivity index (χ1n) is 10.4. The average Bonchev–Trinajstić information content (AvgIpc) is 2.83. The van der Waals surface area contributed by atoms with Gasteiger partial charge in [-0.3, -0.25) is 14.7 Å². The number of benzene rings is 1. The Morgan fingerprint density at radius 3 is 2.78 bits per heavy atom. The molecule has 0 spiro atoms. The molecule has 0 aliphatic carbocycles. The number of pyridine rings is 2. The summed E-state index contributed by atoms with van der Waals surface area (Å²) in [7, 11) is 3.27. The van der Waals surface area contributed by atoms with Gasteiger partial charge in [0, 0.05) is 48.4 Å². The van der Waals surface area contributed by atoms with Crippen molar-refractivity contribution in [3.8, 4) is 23.1 Å². The minimum atomic E-state index is -0.0887. The second kappa shape index (κ2) is 8.39. The van der Waals surface area contributed by atoms with Gasteiger partial charge in [-0.2, -0.15) is 0 Å². The average molecular weight is 429 g/mol. The molecule has 3 aromatic heterocycles. The van der Waals surface area contributed by atoms with E-state index in [0.717, 1.165) is 40.0 Å². The maximum absolute atomic E-state index is 12.6. The minimum absolute atomic E-state index is 0.0887. The maximum Gasteiger partial charge on any atom is 0.254 e. The van der Waals surface area contributed by atoms with Gasteiger partial charge in [0.2, 0.25) is 5.88 Å². The van der Waals surface area contributed by atoms with Crippen LogP contribution in [0, 0.1) is 0 Å². The molecule has 32 heavy (non-hydrogen) atoms. The lowest BCUT2D eigenvalue weighted by molar-refractivity contribution is 0.236. The van der Waals surface area contributed by atoms with Crippen molar-refractivity contribution in [1.82, 2.24) is 24.8 Å². The molecule has 0 unspecified atom stereocenters. The fourth-order valence-corrected chi connectivity index (χ4v) is 4.08. The molecule has 0 atom stereocenters. The molecule has 4 aromatic rings. The molecule has 162 valence electrons. The molecule has 0 bridgehead atoms. The molecule has 1 N–H and O–H groups in total.